The zero-order valence-corrected chi connectivity index (χ0v) is 19.0. The number of rotatable bonds is 6. The molecule has 0 saturated carbocycles. The van der Waals surface area contributed by atoms with E-state index < -0.39 is 23.5 Å². The molecule has 0 aliphatic rings. The second-order valence-electron chi connectivity index (χ2n) is 8.64. The summed E-state index contributed by atoms with van der Waals surface area (Å²) in [5, 5.41) is 24.2. The lowest BCUT2D eigenvalue weighted by Gasteiger charge is -2.15. The fourth-order valence-corrected chi connectivity index (χ4v) is 4.40. The third kappa shape index (κ3) is 4.01. The number of nitrogens with one attached hydrogen (secondary N) is 2. The second-order valence-corrected chi connectivity index (χ2v) is 8.64. The number of aromatic nitrogens is 1. The van der Waals surface area contributed by atoms with Crippen molar-refractivity contribution in [3.63, 3.8) is 0 Å². The fourth-order valence-electron chi connectivity index (χ4n) is 4.40. The Labute approximate surface area is 198 Å². The first kappa shape index (κ1) is 22.3. The molecule has 178 valence electrons. The third-order valence-electron chi connectivity index (χ3n) is 6.32. The molecule has 0 aliphatic heterocycles. The Morgan fingerprint density at radius 1 is 1.09 bits per heavy atom. The number of aromatic hydroxyl groups is 1. The Bertz CT molecular complexity index is 1690. The number of hydrogen-bond donors (Lipinski definition) is 4. The van der Waals surface area contributed by atoms with Crippen molar-refractivity contribution in [1.82, 2.24) is 10.3 Å². The molecule has 5 aromatic rings. The number of carbonyl (C=O) groups is 2. The van der Waals surface area contributed by atoms with Crippen LogP contribution in [-0.4, -0.2) is 33.1 Å². The summed E-state index contributed by atoms with van der Waals surface area (Å²) in [5.41, 5.74) is 3.34. The van der Waals surface area contributed by atoms with Crippen LogP contribution in [0.25, 0.3) is 32.8 Å². The summed E-state index contributed by atoms with van der Waals surface area (Å²) in [6, 6.07) is 7.01. The van der Waals surface area contributed by atoms with E-state index in [1.165, 1.54) is 12.1 Å². The van der Waals surface area contributed by atoms with Gasteiger partial charge in [0.15, 0.2) is 0 Å². The van der Waals surface area contributed by atoms with Crippen LogP contribution in [0.1, 0.15) is 22.3 Å². The summed E-state index contributed by atoms with van der Waals surface area (Å²) in [5.74, 6) is -1.78. The van der Waals surface area contributed by atoms with Gasteiger partial charge in [0.25, 0.3) is 0 Å². The topological polar surface area (TPSA) is 146 Å². The van der Waals surface area contributed by atoms with Crippen LogP contribution in [-0.2, 0) is 22.4 Å². The fraction of sp³-hybridized carbons (Fsp3) is 0.192. The van der Waals surface area contributed by atoms with E-state index in [4.69, 9.17) is 8.83 Å². The first-order chi connectivity index (χ1) is 16.7. The van der Waals surface area contributed by atoms with E-state index in [0.717, 1.165) is 16.5 Å². The van der Waals surface area contributed by atoms with Gasteiger partial charge in [-0.05, 0) is 54.8 Å². The molecule has 1 atom stereocenters. The second kappa shape index (κ2) is 8.35. The van der Waals surface area contributed by atoms with E-state index in [0.29, 0.717) is 33.1 Å². The maximum absolute atomic E-state index is 12.8. The van der Waals surface area contributed by atoms with Gasteiger partial charge in [0.05, 0.1) is 18.2 Å². The number of amides is 1. The van der Waals surface area contributed by atoms with Gasteiger partial charge in [0, 0.05) is 40.4 Å². The van der Waals surface area contributed by atoms with Crippen LogP contribution >= 0.6 is 0 Å². The minimum atomic E-state index is -1.23. The summed E-state index contributed by atoms with van der Waals surface area (Å²) in [6.45, 7) is 3.64. The maximum atomic E-state index is 12.8. The molecule has 0 radical (unpaired) electrons. The smallest absolute Gasteiger partial charge is 0.340 e. The van der Waals surface area contributed by atoms with E-state index in [2.05, 4.69) is 10.3 Å². The van der Waals surface area contributed by atoms with Gasteiger partial charge in [-0.25, -0.2) is 9.59 Å². The predicted molar refractivity (Wildman–Crippen MR) is 129 cm³/mol. The van der Waals surface area contributed by atoms with Gasteiger partial charge in [-0.2, -0.15) is 0 Å². The number of fused-ring (bicyclic) bond motifs is 3. The molecule has 0 saturated heterocycles. The normalized spacial score (nSPS) is 12.4. The molecule has 9 heteroatoms. The van der Waals surface area contributed by atoms with Gasteiger partial charge in [0.2, 0.25) is 5.91 Å². The first-order valence-electron chi connectivity index (χ1n) is 11.0. The Morgan fingerprint density at radius 3 is 2.66 bits per heavy atom. The van der Waals surface area contributed by atoms with Crippen molar-refractivity contribution in [2.45, 2.75) is 32.7 Å². The Kier molecular flexibility index (Phi) is 5.32. The highest BCUT2D eigenvalue weighted by molar-refractivity contribution is 5.97. The minimum Gasteiger partial charge on any atom is -0.508 e. The number of furan rings is 1. The molecule has 2 aromatic carbocycles. The maximum Gasteiger partial charge on any atom is 0.340 e. The monoisotopic (exact) mass is 474 g/mol. The van der Waals surface area contributed by atoms with Crippen LogP contribution in [0, 0.1) is 13.8 Å². The molecule has 3 aromatic heterocycles. The number of phenols is 1. The van der Waals surface area contributed by atoms with Crippen molar-refractivity contribution in [2.75, 3.05) is 0 Å². The summed E-state index contributed by atoms with van der Waals surface area (Å²) in [6.07, 6.45) is 2.93. The number of aromatic amines is 1. The number of aryl methyl sites for hydroxylation is 2. The molecule has 0 fully saturated rings. The van der Waals surface area contributed by atoms with Crippen LogP contribution in [0.5, 0.6) is 5.75 Å². The van der Waals surface area contributed by atoms with Crippen molar-refractivity contribution in [3.8, 4) is 5.75 Å². The number of aliphatic carboxylic acids is 1. The molecule has 9 nitrogen and oxygen atoms in total. The van der Waals surface area contributed by atoms with Crippen molar-refractivity contribution in [3.05, 3.63) is 75.5 Å². The Hall–Kier alpha value is -4.53. The van der Waals surface area contributed by atoms with E-state index in [1.54, 1.807) is 31.5 Å². The highest BCUT2D eigenvalue weighted by Crippen LogP contribution is 2.29. The van der Waals surface area contributed by atoms with Crippen LogP contribution in [0.2, 0.25) is 0 Å². The van der Waals surface area contributed by atoms with E-state index >= 15 is 0 Å². The average Bonchev–Trinajstić information content (AvgIpc) is 3.37. The lowest BCUT2D eigenvalue weighted by Crippen LogP contribution is -2.43. The number of H-pyrrole nitrogens is 1. The number of phenolic OH excluding ortho intramolecular Hbond substituents is 1. The largest absolute Gasteiger partial charge is 0.508 e. The van der Waals surface area contributed by atoms with Crippen LogP contribution in [0.3, 0.4) is 0 Å². The first-order valence-corrected chi connectivity index (χ1v) is 11.0. The van der Waals surface area contributed by atoms with Gasteiger partial charge >= 0.3 is 11.6 Å². The van der Waals surface area contributed by atoms with Crippen molar-refractivity contribution in [2.24, 2.45) is 0 Å². The van der Waals surface area contributed by atoms with Crippen molar-refractivity contribution < 1.29 is 28.6 Å². The number of carboxylic acids is 1. The molecule has 0 aliphatic carbocycles. The van der Waals surface area contributed by atoms with Crippen molar-refractivity contribution >= 4 is 44.7 Å². The molecule has 1 amide bonds. The Morgan fingerprint density at radius 2 is 1.89 bits per heavy atom. The van der Waals surface area contributed by atoms with E-state index in [-0.39, 0.29) is 24.2 Å². The lowest BCUT2D eigenvalue weighted by molar-refractivity contribution is -0.141. The number of benzene rings is 2. The van der Waals surface area contributed by atoms with E-state index in [9.17, 15) is 24.6 Å². The third-order valence-corrected chi connectivity index (χ3v) is 6.32. The molecular formula is C26H22N2O7. The highest BCUT2D eigenvalue weighted by Gasteiger charge is 2.24. The molecule has 0 bridgehead atoms. The molecule has 0 unspecified atom stereocenters. The van der Waals surface area contributed by atoms with Crippen LogP contribution in [0.15, 0.2) is 56.4 Å². The summed E-state index contributed by atoms with van der Waals surface area (Å²) >= 11 is 0. The zero-order valence-electron chi connectivity index (χ0n) is 19.0. The quantitative estimate of drug-likeness (QED) is 0.275. The molecule has 0 spiro atoms. The standard InChI is InChI=1S/C26H22N2O7/c1-12-11-34-22-9-23-17(7-16(12)22)13(2)18(26(33)35-23)8-24(30)28-21(25(31)32)5-14-10-27-20-4-3-15(29)6-19(14)20/h3-4,6-7,9-11,21,27,29H,5,8H2,1-2H3,(H,28,30)(H,31,32)/t21-/m1/s1. The van der Waals surface area contributed by atoms with E-state index in [1.807, 2.05) is 13.0 Å². The highest BCUT2D eigenvalue weighted by atomic mass is 16.4. The summed E-state index contributed by atoms with van der Waals surface area (Å²) < 4.78 is 10.9. The van der Waals surface area contributed by atoms with Gasteiger partial charge in [-0.1, -0.05) is 0 Å². The molecule has 4 N–H and O–H groups in total. The summed E-state index contributed by atoms with van der Waals surface area (Å²) in [7, 11) is 0. The van der Waals surface area contributed by atoms with Crippen LogP contribution < -0.4 is 10.9 Å². The number of carboxylic acid groups (broad SMARTS) is 1. The number of hydrogen-bond acceptors (Lipinski definition) is 6. The van der Waals surface area contributed by atoms with Gasteiger partial charge in [-0.15, -0.1) is 0 Å². The molecule has 5 rings (SSSR count). The van der Waals surface area contributed by atoms with Crippen molar-refractivity contribution in [1.29, 1.82) is 0 Å². The number of carbonyl (C=O) groups excluding carboxylic acids is 1. The molecular weight excluding hydrogens is 452 g/mol. The molecule has 35 heavy (non-hydrogen) atoms. The minimum absolute atomic E-state index is 0.00636. The average molecular weight is 474 g/mol. The summed E-state index contributed by atoms with van der Waals surface area (Å²) in [4.78, 5) is 40.4. The van der Waals surface area contributed by atoms with Gasteiger partial charge in [-0.3, -0.25) is 4.79 Å². The zero-order chi connectivity index (χ0) is 24.9. The van der Waals surface area contributed by atoms with Gasteiger partial charge in [0.1, 0.15) is 23.0 Å². The van der Waals surface area contributed by atoms with Crippen LogP contribution in [0.4, 0.5) is 0 Å². The SMILES string of the molecule is Cc1coc2cc3oc(=O)c(CC(=O)N[C@H](Cc4c[nH]c5ccc(O)cc45)C(=O)O)c(C)c3cc12. The Balaban J connectivity index is 1.41. The van der Waals surface area contributed by atoms with Gasteiger partial charge < -0.3 is 29.3 Å². The molecule has 3 heterocycles. The predicted octanol–water partition coefficient (Wildman–Crippen LogP) is 3.70. The lowest BCUT2D eigenvalue weighted by atomic mass is 10.0.